The molecule has 0 spiro atoms. The standard InChI is InChI=1S/C11H9F3O4/c12-11(13,14)10(16)18-7-9(15)17-6-8-4-2-1-3-5-8/h1-5H,6-7H2. The minimum Gasteiger partial charge on any atom is -0.458 e. The Morgan fingerprint density at radius 2 is 1.67 bits per heavy atom. The smallest absolute Gasteiger partial charge is 0.458 e. The van der Waals surface area contributed by atoms with Gasteiger partial charge in [-0.1, -0.05) is 30.3 Å². The minimum atomic E-state index is -5.11. The molecule has 0 radical (unpaired) electrons. The maximum Gasteiger partial charge on any atom is 0.490 e. The van der Waals surface area contributed by atoms with Gasteiger partial charge in [0.05, 0.1) is 0 Å². The quantitative estimate of drug-likeness (QED) is 0.777. The molecular weight excluding hydrogens is 253 g/mol. The van der Waals surface area contributed by atoms with Gasteiger partial charge in [-0.25, -0.2) is 9.59 Å². The summed E-state index contributed by atoms with van der Waals surface area (Å²) in [5, 5.41) is 0. The average molecular weight is 262 g/mol. The van der Waals surface area contributed by atoms with Crippen LogP contribution in [0.1, 0.15) is 5.56 Å². The highest BCUT2D eigenvalue weighted by atomic mass is 19.4. The summed E-state index contributed by atoms with van der Waals surface area (Å²) in [5.74, 6) is -3.46. The third-order valence-electron chi connectivity index (χ3n) is 1.80. The van der Waals surface area contributed by atoms with E-state index in [4.69, 9.17) is 0 Å². The molecular formula is C11H9F3O4. The molecule has 1 aromatic carbocycles. The predicted molar refractivity (Wildman–Crippen MR) is 53.3 cm³/mol. The number of carbonyl (C=O) groups excluding carboxylic acids is 2. The second kappa shape index (κ2) is 6.04. The molecule has 0 saturated carbocycles. The number of benzene rings is 1. The SMILES string of the molecule is O=C(COC(=O)C(F)(F)F)OCc1ccccc1. The first-order valence-corrected chi connectivity index (χ1v) is 4.83. The van der Waals surface area contributed by atoms with E-state index in [-0.39, 0.29) is 6.61 Å². The second-order valence-electron chi connectivity index (χ2n) is 3.22. The lowest BCUT2D eigenvalue weighted by atomic mass is 10.2. The third-order valence-corrected chi connectivity index (χ3v) is 1.80. The van der Waals surface area contributed by atoms with Crippen LogP contribution < -0.4 is 0 Å². The molecule has 0 N–H and O–H groups in total. The molecule has 0 atom stereocenters. The summed E-state index contributed by atoms with van der Waals surface area (Å²) < 4.78 is 43.5. The number of rotatable bonds is 4. The average Bonchev–Trinajstić information content (AvgIpc) is 2.33. The first-order valence-electron chi connectivity index (χ1n) is 4.83. The maximum absolute atomic E-state index is 11.7. The van der Waals surface area contributed by atoms with E-state index in [2.05, 4.69) is 9.47 Å². The van der Waals surface area contributed by atoms with E-state index in [1.54, 1.807) is 30.3 Å². The second-order valence-corrected chi connectivity index (χ2v) is 3.22. The van der Waals surface area contributed by atoms with Crippen LogP contribution in [0, 0.1) is 0 Å². The van der Waals surface area contributed by atoms with Crippen molar-refractivity contribution >= 4 is 11.9 Å². The highest BCUT2D eigenvalue weighted by Gasteiger charge is 2.41. The monoisotopic (exact) mass is 262 g/mol. The van der Waals surface area contributed by atoms with Crippen LogP contribution in [0.2, 0.25) is 0 Å². The Hall–Kier alpha value is -2.05. The number of ether oxygens (including phenoxy) is 2. The Labute approximate surface area is 100 Å². The molecule has 18 heavy (non-hydrogen) atoms. The summed E-state index contributed by atoms with van der Waals surface area (Å²) in [7, 11) is 0. The van der Waals surface area contributed by atoms with Crippen LogP contribution in [0.4, 0.5) is 13.2 Å². The van der Waals surface area contributed by atoms with Crippen molar-refractivity contribution in [1.82, 2.24) is 0 Å². The van der Waals surface area contributed by atoms with Gasteiger partial charge in [-0.05, 0) is 5.56 Å². The van der Waals surface area contributed by atoms with Crippen LogP contribution in [0.3, 0.4) is 0 Å². The third kappa shape index (κ3) is 4.86. The van der Waals surface area contributed by atoms with Gasteiger partial charge in [-0.2, -0.15) is 13.2 Å². The van der Waals surface area contributed by atoms with Gasteiger partial charge < -0.3 is 9.47 Å². The molecule has 0 saturated heterocycles. The van der Waals surface area contributed by atoms with E-state index >= 15 is 0 Å². The van der Waals surface area contributed by atoms with Gasteiger partial charge in [-0.15, -0.1) is 0 Å². The van der Waals surface area contributed by atoms with Gasteiger partial charge in [-0.3, -0.25) is 0 Å². The molecule has 0 heterocycles. The zero-order chi connectivity index (χ0) is 13.6. The van der Waals surface area contributed by atoms with Crippen molar-refractivity contribution in [1.29, 1.82) is 0 Å². The van der Waals surface area contributed by atoms with E-state index in [0.29, 0.717) is 5.56 Å². The first kappa shape index (κ1) is 14.0. The van der Waals surface area contributed by atoms with Crippen molar-refractivity contribution in [3.63, 3.8) is 0 Å². The lowest BCUT2D eigenvalue weighted by Gasteiger charge is -2.07. The van der Waals surface area contributed by atoms with Gasteiger partial charge in [0.1, 0.15) is 6.61 Å². The molecule has 0 aliphatic heterocycles. The van der Waals surface area contributed by atoms with Crippen LogP contribution in [-0.2, 0) is 25.7 Å². The van der Waals surface area contributed by atoms with Crippen LogP contribution in [0.15, 0.2) is 30.3 Å². The van der Waals surface area contributed by atoms with Crippen molar-refractivity contribution in [3.05, 3.63) is 35.9 Å². The van der Waals surface area contributed by atoms with Crippen LogP contribution >= 0.6 is 0 Å². The molecule has 0 aliphatic rings. The molecule has 0 aromatic heterocycles. The minimum absolute atomic E-state index is 0.0940. The summed E-state index contributed by atoms with van der Waals surface area (Å²) in [6.07, 6.45) is -5.11. The summed E-state index contributed by atoms with van der Waals surface area (Å²) in [6.45, 7) is -1.16. The summed E-state index contributed by atoms with van der Waals surface area (Å²) in [4.78, 5) is 21.3. The number of alkyl halides is 3. The molecule has 98 valence electrons. The zero-order valence-corrected chi connectivity index (χ0v) is 9.07. The molecule has 0 amide bonds. The summed E-state index contributed by atoms with van der Waals surface area (Å²) >= 11 is 0. The molecule has 0 bridgehead atoms. The van der Waals surface area contributed by atoms with Crippen LogP contribution in [0.25, 0.3) is 0 Å². The van der Waals surface area contributed by atoms with Gasteiger partial charge in [0.2, 0.25) is 0 Å². The van der Waals surface area contributed by atoms with Crippen molar-refractivity contribution in [2.75, 3.05) is 6.61 Å². The molecule has 7 heteroatoms. The fourth-order valence-electron chi connectivity index (χ4n) is 0.986. The van der Waals surface area contributed by atoms with E-state index in [1.807, 2.05) is 0 Å². The Balaban J connectivity index is 2.29. The molecule has 1 aromatic rings. The Morgan fingerprint density at radius 1 is 1.06 bits per heavy atom. The Bertz CT molecular complexity index is 414. The van der Waals surface area contributed by atoms with E-state index in [9.17, 15) is 22.8 Å². The maximum atomic E-state index is 11.7. The lowest BCUT2D eigenvalue weighted by Crippen LogP contribution is -2.28. The van der Waals surface area contributed by atoms with E-state index in [1.165, 1.54) is 0 Å². The largest absolute Gasteiger partial charge is 0.490 e. The Morgan fingerprint density at radius 3 is 2.22 bits per heavy atom. The predicted octanol–water partition coefficient (Wildman–Crippen LogP) is 1.84. The zero-order valence-electron chi connectivity index (χ0n) is 9.07. The summed E-state index contributed by atoms with van der Waals surface area (Å²) in [6, 6.07) is 8.54. The number of esters is 2. The van der Waals surface area contributed by atoms with Crippen molar-refractivity contribution in [2.24, 2.45) is 0 Å². The van der Waals surface area contributed by atoms with Crippen LogP contribution in [-0.4, -0.2) is 24.7 Å². The van der Waals surface area contributed by atoms with E-state index in [0.717, 1.165) is 0 Å². The highest BCUT2D eigenvalue weighted by molar-refractivity contribution is 5.79. The van der Waals surface area contributed by atoms with Gasteiger partial charge in [0, 0.05) is 0 Å². The lowest BCUT2D eigenvalue weighted by molar-refractivity contribution is -0.201. The first-order chi connectivity index (χ1) is 8.39. The van der Waals surface area contributed by atoms with Crippen molar-refractivity contribution < 1.29 is 32.2 Å². The molecule has 0 fully saturated rings. The molecule has 1 rings (SSSR count). The highest BCUT2D eigenvalue weighted by Crippen LogP contribution is 2.16. The van der Waals surface area contributed by atoms with Gasteiger partial charge in [0.15, 0.2) is 6.61 Å². The topological polar surface area (TPSA) is 52.6 Å². The van der Waals surface area contributed by atoms with Gasteiger partial charge >= 0.3 is 18.1 Å². The van der Waals surface area contributed by atoms with Crippen molar-refractivity contribution in [3.8, 4) is 0 Å². The number of hydrogen-bond acceptors (Lipinski definition) is 4. The molecule has 4 nitrogen and oxygen atoms in total. The number of hydrogen-bond donors (Lipinski definition) is 0. The number of halogens is 3. The fourth-order valence-corrected chi connectivity index (χ4v) is 0.986. The normalized spacial score (nSPS) is 10.8. The van der Waals surface area contributed by atoms with Crippen LogP contribution in [0.5, 0.6) is 0 Å². The fraction of sp³-hybridized carbons (Fsp3) is 0.273. The van der Waals surface area contributed by atoms with Gasteiger partial charge in [0.25, 0.3) is 0 Å². The molecule has 0 aliphatic carbocycles. The van der Waals surface area contributed by atoms with Crippen molar-refractivity contribution in [2.45, 2.75) is 12.8 Å². The van der Waals surface area contributed by atoms with E-state index < -0.39 is 24.7 Å². The molecule has 0 unspecified atom stereocenters. The number of carbonyl (C=O) groups is 2. The Kier molecular flexibility index (Phi) is 4.70. The summed E-state index contributed by atoms with van der Waals surface area (Å²) in [5.41, 5.74) is 0.674.